The topological polar surface area (TPSA) is 17.0 Å². The summed E-state index contributed by atoms with van der Waals surface area (Å²) in [4.78, 5) is 0. The first-order valence-corrected chi connectivity index (χ1v) is 8.35. The number of nitrogens with one attached hydrogen (secondary N) is 1. The Morgan fingerprint density at radius 1 is 1.05 bits per heavy atom. The Morgan fingerprint density at radius 3 is 2.57 bits per heavy atom. The number of nitrogens with zero attached hydrogens (tertiary/aromatic N) is 1. The molecule has 2 aromatic rings. The summed E-state index contributed by atoms with van der Waals surface area (Å²) in [6.45, 7) is 12.3. The van der Waals surface area contributed by atoms with E-state index in [1.807, 2.05) is 0 Å². The molecule has 0 aliphatic heterocycles. The van der Waals surface area contributed by atoms with Crippen LogP contribution in [-0.4, -0.2) is 11.1 Å². The summed E-state index contributed by atoms with van der Waals surface area (Å²) in [7, 11) is 0. The average molecular weight is 286 g/mol. The van der Waals surface area contributed by atoms with Gasteiger partial charge in [0.1, 0.15) is 0 Å². The van der Waals surface area contributed by atoms with Crippen molar-refractivity contribution in [3.05, 3.63) is 36.0 Å². The fourth-order valence-corrected chi connectivity index (χ4v) is 2.84. The van der Waals surface area contributed by atoms with Crippen molar-refractivity contribution in [1.29, 1.82) is 0 Å². The number of aromatic nitrogens is 1. The van der Waals surface area contributed by atoms with Crippen molar-refractivity contribution in [2.45, 2.75) is 53.6 Å². The first-order chi connectivity index (χ1) is 10.1. The molecule has 21 heavy (non-hydrogen) atoms. The van der Waals surface area contributed by atoms with Crippen LogP contribution in [0.4, 0.5) is 0 Å². The maximum absolute atomic E-state index is 3.57. The van der Waals surface area contributed by atoms with Crippen molar-refractivity contribution < 1.29 is 0 Å². The third kappa shape index (κ3) is 4.60. The van der Waals surface area contributed by atoms with Gasteiger partial charge in [0.05, 0.1) is 5.52 Å². The van der Waals surface area contributed by atoms with E-state index in [1.165, 1.54) is 29.3 Å². The normalized spacial score (nSPS) is 11.9. The van der Waals surface area contributed by atoms with Crippen molar-refractivity contribution in [3.8, 4) is 0 Å². The van der Waals surface area contributed by atoms with Crippen molar-refractivity contribution in [2.75, 3.05) is 6.54 Å². The Balaban J connectivity index is 2.11. The number of benzene rings is 1. The van der Waals surface area contributed by atoms with Gasteiger partial charge in [-0.3, -0.25) is 0 Å². The van der Waals surface area contributed by atoms with Gasteiger partial charge in [-0.15, -0.1) is 0 Å². The lowest BCUT2D eigenvalue weighted by Crippen LogP contribution is -2.19. The molecule has 0 bridgehead atoms. The van der Waals surface area contributed by atoms with Gasteiger partial charge < -0.3 is 9.88 Å². The highest BCUT2D eigenvalue weighted by Crippen LogP contribution is 2.21. The van der Waals surface area contributed by atoms with Crippen LogP contribution in [0.2, 0.25) is 0 Å². The number of rotatable bonds is 8. The van der Waals surface area contributed by atoms with Crippen LogP contribution >= 0.6 is 0 Å². The largest absolute Gasteiger partial charge is 0.347 e. The highest BCUT2D eigenvalue weighted by molar-refractivity contribution is 5.83. The van der Waals surface area contributed by atoms with Crippen LogP contribution in [0.15, 0.2) is 30.5 Å². The third-order valence-corrected chi connectivity index (χ3v) is 3.92. The molecule has 0 radical (unpaired) electrons. The minimum Gasteiger partial charge on any atom is -0.347 e. The molecule has 1 heterocycles. The second-order valence-electron chi connectivity index (χ2n) is 6.92. The zero-order valence-electron chi connectivity index (χ0n) is 14.0. The first kappa shape index (κ1) is 16.1. The molecule has 0 fully saturated rings. The van der Waals surface area contributed by atoms with Gasteiger partial charge in [0, 0.05) is 19.3 Å². The molecule has 0 amide bonds. The molecule has 116 valence electrons. The fraction of sp³-hybridized carbons (Fsp3) is 0.579. The van der Waals surface area contributed by atoms with Crippen LogP contribution in [0.5, 0.6) is 0 Å². The Morgan fingerprint density at radius 2 is 1.86 bits per heavy atom. The number of hydrogen-bond donors (Lipinski definition) is 1. The zero-order valence-corrected chi connectivity index (χ0v) is 14.0. The van der Waals surface area contributed by atoms with E-state index < -0.39 is 0 Å². The van der Waals surface area contributed by atoms with Crippen molar-refractivity contribution in [1.82, 2.24) is 9.88 Å². The van der Waals surface area contributed by atoms with E-state index in [0.29, 0.717) is 5.92 Å². The summed E-state index contributed by atoms with van der Waals surface area (Å²) < 4.78 is 2.43. The number of aryl methyl sites for hydroxylation is 1. The highest BCUT2D eigenvalue weighted by atomic mass is 15.0. The molecule has 2 rings (SSSR count). The molecule has 0 saturated carbocycles. The number of para-hydroxylation sites is 1. The molecule has 1 aromatic carbocycles. The summed E-state index contributed by atoms with van der Waals surface area (Å²) in [6.07, 6.45) is 4.81. The van der Waals surface area contributed by atoms with Crippen molar-refractivity contribution in [2.24, 2.45) is 11.8 Å². The van der Waals surface area contributed by atoms with Gasteiger partial charge in [-0.2, -0.15) is 0 Å². The predicted molar refractivity (Wildman–Crippen MR) is 92.6 cm³/mol. The fourth-order valence-electron chi connectivity index (χ4n) is 2.84. The number of fused-ring (bicyclic) bond motifs is 1. The van der Waals surface area contributed by atoms with Gasteiger partial charge >= 0.3 is 0 Å². The Hall–Kier alpha value is -1.28. The van der Waals surface area contributed by atoms with E-state index in [-0.39, 0.29) is 0 Å². The molecule has 0 spiro atoms. The van der Waals surface area contributed by atoms with Crippen LogP contribution in [0, 0.1) is 11.8 Å². The van der Waals surface area contributed by atoms with E-state index >= 15 is 0 Å². The van der Waals surface area contributed by atoms with E-state index in [2.05, 4.69) is 68.0 Å². The highest BCUT2D eigenvalue weighted by Gasteiger charge is 2.07. The van der Waals surface area contributed by atoms with Gasteiger partial charge in [-0.05, 0) is 48.2 Å². The van der Waals surface area contributed by atoms with Gasteiger partial charge in [-0.1, -0.05) is 45.9 Å². The van der Waals surface area contributed by atoms with Crippen molar-refractivity contribution in [3.63, 3.8) is 0 Å². The maximum Gasteiger partial charge on any atom is 0.0525 e. The molecule has 1 N–H and O–H groups in total. The summed E-state index contributed by atoms with van der Waals surface area (Å²) >= 11 is 0. The third-order valence-electron chi connectivity index (χ3n) is 3.92. The molecule has 0 aliphatic carbocycles. The van der Waals surface area contributed by atoms with Crippen LogP contribution < -0.4 is 5.32 Å². The van der Waals surface area contributed by atoms with Crippen molar-refractivity contribution >= 4 is 10.9 Å². The molecule has 0 saturated heterocycles. The predicted octanol–water partition coefficient (Wildman–Crippen LogP) is 4.82. The molecule has 2 heteroatoms. The molecular formula is C19H30N2. The summed E-state index contributed by atoms with van der Waals surface area (Å²) in [6, 6.07) is 8.90. The smallest absolute Gasteiger partial charge is 0.0525 e. The second kappa shape index (κ2) is 7.65. The summed E-state index contributed by atoms with van der Waals surface area (Å²) in [5, 5.41) is 4.94. The Labute approximate surface area is 129 Å². The lowest BCUT2D eigenvalue weighted by atomic mass is 10.1. The lowest BCUT2D eigenvalue weighted by Gasteiger charge is -2.12. The van der Waals surface area contributed by atoms with E-state index in [9.17, 15) is 0 Å². The van der Waals surface area contributed by atoms with Crippen LogP contribution in [0.3, 0.4) is 0 Å². The van der Waals surface area contributed by atoms with E-state index in [0.717, 1.165) is 25.6 Å². The molecule has 0 aliphatic rings. The molecule has 0 unspecified atom stereocenters. The Bertz CT molecular complexity index is 552. The quantitative estimate of drug-likeness (QED) is 0.736. The monoisotopic (exact) mass is 286 g/mol. The number of hydrogen-bond acceptors (Lipinski definition) is 1. The standard InChI is InChI=1S/C19H30N2/c1-15(2)7-6-11-21-12-10-17-8-5-9-18(19(17)21)14-20-13-16(3)4/h5,8-10,12,15-16,20H,6-7,11,13-14H2,1-4H3. The lowest BCUT2D eigenvalue weighted by molar-refractivity contribution is 0.516. The Kier molecular flexibility index (Phi) is 5.86. The molecule has 0 atom stereocenters. The van der Waals surface area contributed by atoms with Gasteiger partial charge in [0.15, 0.2) is 0 Å². The van der Waals surface area contributed by atoms with Gasteiger partial charge in [0.2, 0.25) is 0 Å². The van der Waals surface area contributed by atoms with E-state index in [4.69, 9.17) is 0 Å². The van der Waals surface area contributed by atoms with Crippen LogP contribution in [0.1, 0.15) is 46.1 Å². The molecular weight excluding hydrogens is 256 g/mol. The van der Waals surface area contributed by atoms with Crippen LogP contribution in [0.25, 0.3) is 10.9 Å². The summed E-state index contributed by atoms with van der Waals surface area (Å²) in [5.74, 6) is 1.49. The van der Waals surface area contributed by atoms with Gasteiger partial charge in [-0.25, -0.2) is 0 Å². The zero-order chi connectivity index (χ0) is 15.2. The minimum absolute atomic E-state index is 0.696. The van der Waals surface area contributed by atoms with Gasteiger partial charge in [0.25, 0.3) is 0 Å². The average Bonchev–Trinajstić information content (AvgIpc) is 2.82. The minimum atomic E-state index is 0.696. The summed E-state index contributed by atoms with van der Waals surface area (Å²) in [5.41, 5.74) is 2.83. The molecule has 1 aromatic heterocycles. The first-order valence-electron chi connectivity index (χ1n) is 8.35. The van der Waals surface area contributed by atoms with Crippen LogP contribution in [-0.2, 0) is 13.1 Å². The second-order valence-corrected chi connectivity index (χ2v) is 6.92. The maximum atomic E-state index is 3.57. The van der Waals surface area contributed by atoms with E-state index in [1.54, 1.807) is 0 Å². The SMILES string of the molecule is CC(C)CCCn1ccc2cccc(CNCC(C)C)c21. The molecule has 2 nitrogen and oxygen atoms in total.